The molecule has 0 fully saturated rings. The fraction of sp³-hybridized carbons (Fsp3) is 0.136. The molecule has 1 unspecified atom stereocenters. The van der Waals surface area contributed by atoms with Crippen LogP contribution < -0.4 is 4.31 Å². The van der Waals surface area contributed by atoms with Gasteiger partial charge in [-0.15, -0.1) is 5.10 Å². The highest BCUT2D eigenvalue weighted by Gasteiger charge is 2.20. The topological polar surface area (TPSA) is 67.2 Å². The number of rotatable bonds is 9. The van der Waals surface area contributed by atoms with Gasteiger partial charge in [-0.2, -0.15) is 5.10 Å². The summed E-state index contributed by atoms with van der Waals surface area (Å²) in [6.07, 6.45) is 0.151. The normalized spacial score (nSPS) is 12.5. The Hall–Kier alpha value is -3.60. The fourth-order valence-electron chi connectivity index (χ4n) is 2.79. The van der Waals surface area contributed by atoms with Crippen molar-refractivity contribution in [1.82, 2.24) is 4.98 Å². The van der Waals surface area contributed by atoms with Gasteiger partial charge in [-0.05, 0) is 42.5 Å². The second-order valence-corrected chi connectivity index (χ2v) is 7.92. The summed E-state index contributed by atoms with van der Waals surface area (Å²) in [5.41, 5.74) is 0.439. The standard InChI is InChI=1S/C22H18F4N4O2S/c1-27-29-22(32-14-21(25)26)15-7-8-16(20(24)10-15)13-30(18-5-2-4-17(23)11-18)33(31)19-6-3-9-28-12-19/h2-12,21H,1,13-14H2/b29-22-. The van der Waals surface area contributed by atoms with Gasteiger partial charge in [0.2, 0.25) is 5.90 Å². The maximum absolute atomic E-state index is 15.0. The molecule has 172 valence electrons. The molecule has 33 heavy (non-hydrogen) atoms. The molecule has 3 aromatic rings. The monoisotopic (exact) mass is 478 g/mol. The highest BCUT2D eigenvalue weighted by Crippen LogP contribution is 2.25. The number of ether oxygens (including phenoxy) is 1. The van der Waals surface area contributed by atoms with E-state index in [1.54, 1.807) is 18.2 Å². The Labute approximate surface area is 189 Å². The Morgan fingerprint density at radius 1 is 1.15 bits per heavy atom. The van der Waals surface area contributed by atoms with Crippen LogP contribution >= 0.6 is 0 Å². The third-order valence-corrected chi connectivity index (χ3v) is 5.64. The summed E-state index contributed by atoms with van der Waals surface area (Å²) < 4.78 is 73.1. The number of hydrogen-bond donors (Lipinski definition) is 0. The van der Waals surface area contributed by atoms with Crippen LogP contribution in [0.15, 0.2) is 82.1 Å². The maximum Gasteiger partial charge on any atom is 0.272 e. The number of pyridine rings is 1. The zero-order chi connectivity index (χ0) is 23.8. The van der Waals surface area contributed by atoms with E-state index in [9.17, 15) is 21.8 Å². The van der Waals surface area contributed by atoms with Gasteiger partial charge >= 0.3 is 0 Å². The minimum absolute atomic E-state index is 0.0648. The summed E-state index contributed by atoms with van der Waals surface area (Å²) in [5.74, 6) is -1.61. The van der Waals surface area contributed by atoms with Gasteiger partial charge in [-0.3, -0.25) is 9.29 Å². The number of alkyl halides is 2. The molecular weight excluding hydrogens is 460 g/mol. The highest BCUT2D eigenvalue weighted by molar-refractivity contribution is 7.86. The highest BCUT2D eigenvalue weighted by atomic mass is 32.2. The Morgan fingerprint density at radius 3 is 2.61 bits per heavy atom. The molecule has 0 saturated heterocycles. The minimum Gasteiger partial charge on any atom is -0.470 e. The third kappa shape index (κ3) is 6.45. The molecule has 1 atom stereocenters. The molecule has 0 amide bonds. The maximum atomic E-state index is 15.0. The van der Waals surface area contributed by atoms with E-state index in [1.165, 1.54) is 47.0 Å². The van der Waals surface area contributed by atoms with Crippen LogP contribution in [-0.2, 0) is 22.3 Å². The van der Waals surface area contributed by atoms with Crippen molar-refractivity contribution in [2.24, 2.45) is 10.2 Å². The predicted octanol–water partition coefficient (Wildman–Crippen LogP) is 4.73. The summed E-state index contributed by atoms with van der Waals surface area (Å²) in [4.78, 5) is 4.28. The lowest BCUT2D eigenvalue weighted by Crippen LogP contribution is -2.26. The molecule has 6 nitrogen and oxygen atoms in total. The third-order valence-electron chi connectivity index (χ3n) is 4.25. The first-order chi connectivity index (χ1) is 15.9. The number of anilines is 1. The zero-order valence-electron chi connectivity index (χ0n) is 17.1. The summed E-state index contributed by atoms with van der Waals surface area (Å²) in [7, 11) is -1.83. The van der Waals surface area contributed by atoms with Gasteiger partial charge in [-0.1, -0.05) is 12.1 Å². The van der Waals surface area contributed by atoms with Gasteiger partial charge < -0.3 is 4.74 Å². The Balaban J connectivity index is 1.93. The number of hydrogen-bond acceptors (Lipinski definition) is 5. The van der Waals surface area contributed by atoms with E-state index in [1.807, 2.05) is 0 Å². The van der Waals surface area contributed by atoms with Crippen LogP contribution in [0.3, 0.4) is 0 Å². The first-order valence-electron chi connectivity index (χ1n) is 9.47. The van der Waals surface area contributed by atoms with Gasteiger partial charge in [0.25, 0.3) is 6.43 Å². The average Bonchev–Trinajstić information content (AvgIpc) is 2.81. The molecule has 0 N–H and O–H groups in total. The number of nitrogens with zero attached hydrogens (tertiary/aromatic N) is 4. The SMILES string of the molecule is C=N/N=C(\OCC(F)F)c1ccc(CN(c2cccc(F)c2)S(=O)c2cccnc2)c(F)c1. The Morgan fingerprint density at radius 2 is 1.97 bits per heavy atom. The lowest BCUT2D eigenvalue weighted by molar-refractivity contribution is 0.0765. The molecule has 11 heteroatoms. The van der Waals surface area contributed by atoms with E-state index in [-0.39, 0.29) is 29.3 Å². The molecule has 2 aromatic carbocycles. The van der Waals surface area contributed by atoms with Crippen molar-refractivity contribution in [3.05, 3.63) is 89.8 Å². The molecule has 0 aliphatic carbocycles. The lowest BCUT2D eigenvalue weighted by atomic mass is 10.1. The van der Waals surface area contributed by atoms with E-state index < -0.39 is 35.7 Å². The molecule has 0 bridgehead atoms. The van der Waals surface area contributed by atoms with E-state index in [2.05, 4.69) is 21.9 Å². The second kappa shape index (κ2) is 11.3. The summed E-state index contributed by atoms with van der Waals surface area (Å²) in [5, 5.41) is 6.78. The van der Waals surface area contributed by atoms with Gasteiger partial charge in [0.05, 0.1) is 17.1 Å². The number of halogens is 4. The molecule has 0 spiro atoms. The van der Waals surface area contributed by atoms with Crippen molar-refractivity contribution in [2.75, 3.05) is 10.9 Å². The second-order valence-electron chi connectivity index (χ2n) is 6.51. The summed E-state index contributed by atoms with van der Waals surface area (Å²) in [6, 6.07) is 12.4. The molecule has 0 aliphatic heterocycles. The van der Waals surface area contributed by atoms with Crippen molar-refractivity contribution < 1.29 is 26.5 Å². The molecule has 0 aliphatic rings. The van der Waals surface area contributed by atoms with Crippen molar-refractivity contribution in [1.29, 1.82) is 0 Å². The molecule has 0 radical (unpaired) electrons. The molecular formula is C22H18F4N4O2S. The fourth-order valence-corrected chi connectivity index (χ4v) is 3.96. The van der Waals surface area contributed by atoms with Crippen LogP contribution in [-0.4, -0.2) is 34.8 Å². The van der Waals surface area contributed by atoms with Gasteiger partial charge in [0.1, 0.15) is 11.6 Å². The minimum atomic E-state index is -2.76. The van der Waals surface area contributed by atoms with Crippen molar-refractivity contribution in [3.8, 4) is 0 Å². The molecule has 3 rings (SSSR count). The summed E-state index contributed by atoms with van der Waals surface area (Å²) in [6.45, 7) is 2.00. The van der Waals surface area contributed by atoms with E-state index >= 15 is 0 Å². The van der Waals surface area contributed by atoms with Crippen molar-refractivity contribution in [2.45, 2.75) is 17.9 Å². The smallest absolute Gasteiger partial charge is 0.272 e. The quantitative estimate of drug-likeness (QED) is 0.193. The van der Waals surface area contributed by atoms with Gasteiger partial charge in [0, 0.05) is 30.2 Å². The Kier molecular flexibility index (Phi) is 8.25. The first kappa shape index (κ1) is 24.1. The van der Waals surface area contributed by atoms with Crippen LogP contribution in [0.4, 0.5) is 23.2 Å². The lowest BCUT2D eigenvalue weighted by Gasteiger charge is -2.24. The average molecular weight is 478 g/mol. The zero-order valence-corrected chi connectivity index (χ0v) is 17.9. The van der Waals surface area contributed by atoms with Crippen molar-refractivity contribution in [3.63, 3.8) is 0 Å². The number of aromatic nitrogens is 1. The molecule has 1 heterocycles. The molecule has 1 aromatic heterocycles. The van der Waals surface area contributed by atoms with Crippen LogP contribution in [0.1, 0.15) is 11.1 Å². The summed E-state index contributed by atoms with van der Waals surface area (Å²) >= 11 is 0. The van der Waals surface area contributed by atoms with Crippen LogP contribution in [0.5, 0.6) is 0 Å². The van der Waals surface area contributed by atoms with E-state index in [4.69, 9.17) is 4.74 Å². The largest absolute Gasteiger partial charge is 0.470 e. The first-order valence-corrected chi connectivity index (χ1v) is 10.6. The van der Waals surface area contributed by atoms with Crippen LogP contribution in [0.25, 0.3) is 0 Å². The van der Waals surface area contributed by atoms with Gasteiger partial charge in [-0.25, -0.2) is 21.8 Å². The van der Waals surface area contributed by atoms with Crippen LogP contribution in [0.2, 0.25) is 0 Å². The van der Waals surface area contributed by atoms with E-state index in [0.717, 1.165) is 6.07 Å². The van der Waals surface area contributed by atoms with E-state index in [0.29, 0.717) is 4.90 Å². The van der Waals surface area contributed by atoms with Gasteiger partial charge in [0.15, 0.2) is 17.6 Å². The van der Waals surface area contributed by atoms with Crippen molar-refractivity contribution >= 4 is 29.3 Å². The molecule has 0 saturated carbocycles. The Bertz CT molecular complexity index is 1160. The number of benzene rings is 2. The predicted molar refractivity (Wildman–Crippen MR) is 118 cm³/mol. The van der Waals surface area contributed by atoms with Crippen LogP contribution in [0, 0.1) is 11.6 Å².